The lowest BCUT2D eigenvalue weighted by Crippen LogP contribution is -2.43. The minimum Gasteiger partial charge on any atom is -0.490 e. The number of esters is 1. The molecule has 0 unspecified atom stereocenters. The Labute approximate surface area is 361 Å². The molecule has 0 fully saturated rings. The fourth-order valence-corrected chi connectivity index (χ4v) is 7.21. The quantitative estimate of drug-likeness (QED) is 0.0617. The Balaban J connectivity index is 1.02. The molecule has 4 aromatic rings. The van der Waals surface area contributed by atoms with Crippen LogP contribution in [0.2, 0.25) is 5.02 Å². The van der Waals surface area contributed by atoms with Gasteiger partial charge in [-0.2, -0.15) is 0 Å². The summed E-state index contributed by atoms with van der Waals surface area (Å²) in [6, 6.07) is 11.5. The summed E-state index contributed by atoms with van der Waals surface area (Å²) in [5.41, 5.74) is 4.54. The Bertz CT molecular complexity index is 2380. The monoisotopic (exact) mass is 874 g/mol. The number of aryl methyl sites for hydroxylation is 2. The Morgan fingerprint density at radius 1 is 0.871 bits per heavy atom. The molecular weight excluding hydrogens is 828 g/mol. The number of nitrogens with zero attached hydrogens (tertiary/aromatic N) is 3. The average molecular weight is 875 g/mol. The molecule has 2 aliphatic rings. The summed E-state index contributed by atoms with van der Waals surface area (Å²) < 4.78 is 29.1. The lowest BCUT2D eigenvalue weighted by molar-refractivity contribution is -0.158. The summed E-state index contributed by atoms with van der Waals surface area (Å²) in [5, 5.41) is 2.98. The molecule has 2 aliphatic heterocycles. The number of halogens is 1. The minimum absolute atomic E-state index is 0.0287. The van der Waals surface area contributed by atoms with Gasteiger partial charge in [0.05, 0.1) is 72.4 Å². The number of nitrogens with one attached hydrogen (secondary N) is 3. The van der Waals surface area contributed by atoms with Crippen LogP contribution in [0, 0.1) is 13.8 Å². The van der Waals surface area contributed by atoms with Crippen LogP contribution in [-0.2, 0) is 41.4 Å². The van der Waals surface area contributed by atoms with Crippen LogP contribution in [0.25, 0.3) is 0 Å². The molecule has 0 bridgehead atoms. The van der Waals surface area contributed by atoms with Crippen LogP contribution < -0.4 is 19.7 Å². The number of carbonyl (C=O) groups is 7. The number of rotatable bonds is 21. The van der Waals surface area contributed by atoms with Gasteiger partial charge < -0.3 is 48.8 Å². The first kappa shape index (κ1) is 45.0. The minimum atomic E-state index is -1.33. The van der Waals surface area contributed by atoms with E-state index in [2.05, 4.69) is 15.3 Å². The first-order chi connectivity index (χ1) is 29.6. The number of likely N-dealkylation sites (N-methyl/N-ethyl adjacent to an activating group) is 2. The van der Waals surface area contributed by atoms with Crippen LogP contribution in [0.4, 0.5) is 11.4 Å². The van der Waals surface area contributed by atoms with Crippen molar-refractivity contribution in [3.63, 3.8) is 0 Å². The third-order valence-corrected chi connectivity index (χ3v) is 10.4. The molecule has 2 atom stereocenters. The van der Waals surface area contributed by atoms with E-state index in [9.17, 15) is 33.6 Å². The van der Waals surface area contributed by atoms with Crippen LogP contribution in [0.5, 0.6) is 11.5 Å². The molecule has 0 saturated heterocycles. The molecule has 2 aromatic carbocycles. The predicted octanol–water partition coefficient (Wildman–Crippen LogP) is 3.91. The third kappa shape index (κ3) is 10.7. The van der Waals surface area contributed by atoms with E-state index in [1.165, 1.54) is 27.8 Å². The maximum Gasteiger partial charge on any atom is 0.338 e. The third-order valence-electron chi connectivity index (χ3n) is 10.1. The van der Waals surface area contributed by atoms with Crippen molar-refractivity contribution in [3.8, 4) is 11.5 Å². The molecule has 0 spiro atoms. The number of aromatic nitrogens is 2. The van der Waals surface area contributed by atoms with Gasteiger partial charge in [-0.05, 0) is 74.4 Å². The molecule has 6 rings (SSSR count). The van der Waals surface area contributed by atoms with Crippen molar-refractivity contribution in [1.29, 1.82) is 0 Å². The SMILES string of the molecule is Cc1cc(C(=O)N(C)CCOC[C@H](C)Oc2ccc3c(c2)CC(=O)N3COC(=O)[C@@H](CN(C)C(=O)c2cc(C)[nH]c2C=O)OCCOc2cc3c(cc2Cl)NC(=O)C3)c(C=O)[nH]1. The highest BCUT2D eigenvalue weighted by Crippen LogP contribution is 2.35. The van der Waals surface area contributed by atoms with Gasteiger partial charge in [0.25, 0.3) is 11.8 Å². The largest absolute Gasteiger partial charge is 0.490 e. The Morgan fingerprint density at radius 2 is 1.55 bits per heavy atom. The van der Waals surface area contributed by atoms with Crippen molar-refractivity contribution in [3.05, 3.63) is 92.5 Å². The van der Waals surface area contributed by atoms with Gasteiger partial charge in [-0.15, -0.1) is 0 Å². The van der Waals surface area contributed by atoms with Gasteiger partial charge >= 0.3 is 5.97 Å². The summed E-state index contributed by atoms with van der Waals surface area (Å²) in [7, 11) is 3.07. The van der Waals surface area contributed by atoms with Crippen molar-refractivity contribution in [1.82, 2.24) is 19.8 Å². The fraction of sp³-hybridized carbons (Fsp3) is 0.372. The maximum absolute atomic E-state index is 13.6. The molecular formula is C43H47ClN6O12. The molecule has 0 saturated carbocycles. The van der Waals surface area contributed by atoms with Gasteiger partial charge in [0.15, 0.2) is 25.4 Å². The molecule has 18 nitrogen and oxygen atoms in total. The van der Waals surface area contributed by atoms with Crippen molar-refractivity contribution in [2.24, 2.45) is 0 Å². The number of hydrogen-bond acceptors (Lipinski definition) is 12. The van der Waals surface area contributed by atoms with Crippen LogP contribution in [-0.4, -0.2) is 134 Å². The van der Waals surface area contributed by atoms with Crippen molar-refractivity contribution < 1.29 is 57.2 Å². The summed E-state index contributed by atoms with van der Waals surface area (Å²) >= 11 is 6.36. The van der Waals surface area contributed by atoms with Crippen molar-refractivity contribution in [2.45, 2.75) is 45.8 Å². The molecule has 4 amide bonds. The van der Waals surface area contributed by atoms with Gasteiger partial charge in [-0.3, -0.25) is 33.7 Å². The molecule has 328 valence electrons. The standard InChI is InChI=1S/C43H47ClN6O12/c1-24-12-30(34(20-51)45-24)41(55)48(4)8-9-58-22-26(3)62-29-6-7-36-28(14-29)17-40(54)50(36)23-61-43(57)38(19-49(5)42(56)31-13-25(2)46-35(31)21-52)60-11-10-59-37-15-27-16-39(53)47-33(27)18-32(37)44/h6-7,12-15,18,20-21,26,38,45-46H,8-11,16-17,19,22-23H2,1-5H3,(H,47,53)/t26-,38+/m0/s1. The first-order valence-corrected chi connectivity index (χ1v) is 20.0. The summed E-state index contributed by atoms with van der Waals surface area (Å²) in [6.07, 6.45) is -0.360. The van der Waals surface area contributed by atoms with Gasteiger partial charge in [-0.1, -0.05) is 11.6 Å². The van der Waals surface area contributed by atoms with Gasteiger partial charge in [-0.25, -0.2) is 4.79 Å². The van der Waals surface area contributed by atoms with Crippen LogP contribution in [0.3, 0.4) is 0 Å². The summed E-state index contributed by atoms with van der Waals surface area (Å²) in [6.45, 7) is 5.10. The van der Waals surface area contributed by atoms with E-state index in [0.29, 0.717) is 58.0 Å². The molecule has 2 aromatic heterocycles. The number of H-pyrrole nitrogens is 2. The van der Waals surface area contributed by atoms with E-state index >= 15 is 0 Å². The number of aromatic amines is 2. The number of amides is 4. The lowest BCUT2D eigenvalue weighted by Gasteiger charge is -2.25. The van der Waals surface area contributed by atoms with Crippen molar-refractivity contribution >= 4 is 65.1 Å². The molecule has 0 aliphatic carbocycles. The Kier molecular flexibility index (Phi) is 14.5. The smallest absolute Gasteiger partial charge is 0.338 e. The number of benzene rings is 2. The van der Waals surface area contributed by atoms with Gasteiger partial charge in [0.2, 0.25) is 11.8 Å². The van der Waals surface area contributed by atoms with E-state index < -0.39 is 24.7 Å². The van der Waals surface area contributed by atoms with Crippen LogP contribution >= 0.6 is 11.6 Å². The normalized spacial score (nSPS) is 13.8. The van der Waals surface area contributed by atoms with E-state index in [-0.39, 0.29) is 98.2 Å². The zero-order valence-electron chi connectivity index (χ0n) is 34.8. The molecule has 0 radical (unpaired) electrons. The second kappa shape index (κ2) is 19.9. The Morgan fingerprint density at radius 3 is 2.23 bits per heavy atom. The molecule has 62 heavy (non-hydrogen) atoms. The van der Waals surface area contributed by atoms with Crippen molar-refractivity contribution in [2.75, 3.05) is 70.6 Å². The van der Waals surface area contributed by atoms with Crippen LogP contribution in [0.15, 0.2) is 42.5 Å². The van der Waals surface area contributed by atoms with E-state index in [4.69, 9.17) is 35.3 Å². The zero-order chi connectivity index (χ0) is 44.7. The van der Waals surface area contributed by atoms with Gasteiger partial charge in [0, 0.05) is 37.7 Å². The highest BCUT2D eigenvalue weighted by Gasteiger charge is 2.32. The Hall–Kier alpha value is -6.50. The number of aldehydes is 2. The zero-order valence-corrected chi connectivity index (χ0v) is 35.6. The topological polar surface area (TPSA) is 219 Å². The number of hydrogen-bond donors (Lipinski definition) is 3. The maximum atomic E-state index is 13.6. The second-order valence-electron chi connectivity index (χ2n) is 15.0. The average Bonchev–Trinajstić information content (AvgIpc) is 4.00. The molecule has 4 heterocycles. The number of anilines is 2. The first-order valence-electron chi connectivity index (χ1n) is 19.7. The number of ether oxygens (including phenoxy) is 5. The van der Waals surface area contributed by atoms with E-state index in [1.807, 2.05) is 6.92 Å². The highest BCUT2D eigenvalue weighted by molar-refractivity contribution is 6.32. The summed E-state index contributed by atoms with van der Waals surface area (Å²) in [4.78, 5) is 97.3. The number of fused-ring (bicyclic) bond motifs is 2. The molecule has 3 N–H and O–H groups in total. The van der Waals surface area contributed by atoms with E-state index in [0.717, 1.165) is 5.56 Å². The lowest BCUT2D eigenvalue weighted by atomic mass is 10.1. The van der Waals surface area contributed by atoms with E-state index in [1.54, 1.807) is 57.3 Å². The van der Waals surface area contributed by atoms with Crippen LogP contribution in [0.1, 0.15) is 71.1 Å². The summed E-state index contributed by atoms with van der Waals surface area (Å²) in [5.74, 6) is -1.37. The number of carbonyl (C=O) groups excluding carboxylic acids is 7. The predicted molar refractivity (Wildman–Crippen MR) is 224 cm³/mol. The fourth-order valence-electron chi connectivity index (χ4n) is 6.99. The van der Waals surface area contributed by atoms with Gasteiger partial charge in [0.1, 0.15) is 24.2 Å². The highest BCUT2D eigenvalue weighted by atomic mass is 35.5. The molecule has 19 heteroatoms. The second-order valence-corrected chi connectivity index (χ2v) is 15.4.